The van der Waals surface area contributed by atoms with Crippen LogP contribution in [0.1, 0.15) is 18.4 Å². The van der Waals surface area contributed by atoms with Gasteiger partial charge in [-0.25, -0.2) is 17.5 Å². The first-order valence-corrected chi connectivity index (χ1v) is 8.80. The molecule has 0 spiro atoms. The third-order valence-electron chi connectivity index (χ3n) is 2.68. The van der Waals surface area contributed by atoms with Gasteiger partial charge in [-0.3, -0.25) is 0 Å². The molecule has 1 aromatic carbocycles. The monoisotopic (exact) mass is 306 g/mol. The molecular weight excluding hydrogens is 287 g/mol. The van der Waals surface area contributed by atoms with Crippen molar-refractivity contribution in [1.29, 1.82) is 0 Å². The highest BCUT2D eigenvalue weighted by Crippen LogP contribution is 2.21. The molecule has 0 fully saturated rings. The van der Waals surface area contributed by atoms with Gasteiger partial charge in [0.05, 0.1) is 4.90 Å². The van der Waals surface area contributed by atoms with E-state index in [1.165, 1.54) is 13.0 Å². The second kappa shape index (κ2) is 7.12. The maximum absolute atomic E-state index is 13.5. The molecule has 108 valence electrons. The third kappa shape index (κ3) is 4.67. The van der Waals surface area contributed by atoms with Gasteiger partial charge in [0.2, 0.25) is 10.0 Å². The minimum absolute atomic E-state index is 0.0881. The number of nitrogen functional groups attached to an aromatic ring is 1. The summed E-state index contributed by atoms with van der Waals surface area (Å²) < 4.78 is 40.1. The van der Waals surface area contributed by atoms with Crippen LogP contribution >= 0.6 is 11.8 Å². The lowest BCUT2D eigenvalue weighted by Crippen LogP contribution is -2.26. The van der Waals surface area contributed by atoms with Crippen molar-refractivity contribution < 1.29 is 12.8 Å². The zero-order valence-corrected chi connectivity index (χ0v) is 12.7. The van der Waals surface area contributed by atoms with Crippen LogP contribution in [0, 0.1) is 12.7 Å². The number of benzene rings is 1. The minimum atomic E-state index is -3.70. The Morgan fingerprint density at radius 3 is 2.68 bits per heavy atom. The number of thioether (sulfide) groups is 1. The summed E-state index contributed by atoms with van der Waals surface area (Å²) in [5, 5.41) is 0. The van der Waals surface area contributed by atoms with E-state index < -0.39 is 15.8 Å². The summed E-state index contributed by atoms with van der Waals surface area (Å²) in [6.45, 7) is 1.77. The Kier molecular flexibility index (Phi) is 6.09. The Labute approximate surface area is 118 Å². The molecule has 0 atom stereocenters. The average Bonchev–Trinajstić information content (AvgIpc) is 2.33. The Morgan fingerprint density at radius 1 is 1.37 bits per heavy atom. The van der Waals surface area contributed by atoms with Crippen molar-refractivity contribution in [2.24, 2.45) is 0 Å². The molecule has 0 aliphatic heterocycles. The Bertz CT molecular complexity index is 533. The second-order valence-electron chi connectivity index (χ2n) is 4.22. The number of nitrogens with two attached hydrogens (primary N) is 1. The van der Waals surface area contributed by atoms with Gasteiger partial charge in [0, 0.05) is 17.8 Å². The smallest absolute Gasteiger partial charge is 0.241 e. The normalized spacial score (nSPS) is 11.7. The molecule has 0 aliphatic carbocycles. The van der Waals surface area contributed by atoms with Crippen molar-refractivity contribution in [3.05, 3.63) is 23.5 Å². The highest BCUT2D eigenvalue weighted by molar-refractivity contribution is 7.98. The molecule has 19 heavy (non-hydrogen) atoms. The van der Waals surface area contributed by atoms with Gasteiger partial charge >= 0.3 is 0 Å². The van der Waals surface area contributed by atoms with E-state index in [4.69, 9.17) is 5.73 Å². The van der Waals surface area contributed by atoms with Gasteiger partial charge in [0.15, 0.2) is 0 Å². The summed E-state index contributed by atoms with van der Waals surface area (Å²) >= 11 is 1.72. The first-order valence-electron chi connectivity index (χ1n) is 5.92. The van der Waals surface area contributed by atoms with Crippen LogP contribution in [-0.2, 0) is 10.0 Å². The van der Waals surface area contributed by atoms with Gasteiger partial charge in [-0.05, 0) is 43.9 Å². The Morgan fingerprint density at radius 2 is 2.05 bits per heavy atom. The number of rotatable bonds is 7. The van der Waals surface area contributed by atoms with E-state index in [0.29, 0.717) is 6.54 Å². The quantitative estimate of drug-likeness (QED) is 0.598. The van der Waals surface area contributed by atoms with E-state index in [9.17, 15) is 12.8 Å². The first-order chi connectivity index (χ1) is 8.88. The van der Waals surface area contributed by atoms with Crippen molar-refractivity contribution in [3.63, 3.8) is 0 Å². The predicted octanol–water partition coefficient (Wildman–Crippen LogP) is 2.14. The third-order valence-corrected chi connectivity index (χ3v) is 4.96. The van der Waals surface area contributed by atoms with E-state index in [1.807, 2.05) is 6.26 Å². The number of unbranched alkanes of at least 4 members (excludes halogenated alkanes) is 1. The number of hydrogen-bond acceptors (Lipinski definition) is 4. The highest BCUT2D eigenvalue weighted by atomic mass is 32.2. The summed E-state index contributed by atoms with van der Waals surface area (Å²) in [5.41, 5.74) is 5.68. The number of anilines is 1. The van der Waals surface area contributed by atoms with Crippen LogP contribution in [0.2, 0.25) is 0 Å². The molecule has 1 rings (SSSR count). The van der Waals surface area contributed by atoms with Gasteiger partial charge in [-0.15, -0.1) is 0 Å². The van der Waals surface area contributed by atoms with Gasteiger partial charge < -0.3 is 5.73 Å². The molecule has 0 saturated carbocycles. The van der Waals surface area contributed by atoms with Crippen molar-refractivity contribution in [2.45, 2.75) is 24.7 Å². The molecule has 0 aromatic heterocycles. The van der Waals surface area contributed by atoms with E-state index in [1.54, 1.807) is 11.8 Å². The van der Waals surface area contributed by atoms with E-state index in [2.05, 4.69) is 4.72 Å². The number of hydrogen-bond donors (Lipinski definition) is 2. The lowest BCUT2D eigenvalue weighted by molar-refractivity contribution is 0.572. The van der Waals surface area contributed by atoms with Crippen LogP contribution in [0.3, 0.4) is 0 Å². The molecular formula is C12H19FN2O2S2. The minimum Gasteiger partial charge on any atom is -0.399 e. The highest BCUT2D eigenvalue weighted by Gasteiger charge is 2.19. The summed E-state index contributed by atoms with van der Waals surface area (Å²) in [7, 11) is -3.70. The molecule has 0 amide bonds. The molecule has 0 unspecified atom stereocenters. The number of nitrogens with one attached hydrogen (secondary N) is 1. The van der Waals surface area contributed by atoms with Gasteiger partial charge in [0.25, 0.3) is 0 Å². The van der Waals surface area contributed by atoms with Gasteiger partial charge in [-0.1, -0.05) is 0 Å². The molecule has 0 radical (unpaired) electrons. The summed E-state index contributed by atoms with van der Waals surface area (Å²) in [6.07, 6.45) is 3.70. The van der Waals surface area contributed by atoms with Crippen LogP contribution in [0.15, 0.2) is 17.0 Å². The van der Waals surface area contributed by atoms with Crippen LogP contribution in [0.4, 0.5) is 10.1 Å². The number of sulfonamides is 1. The zero-order valence-electron chi connectivity index (χ0n) is 11.1. The molecule has 0 bridgehead atoms. The maximum Gasteiger partial charge on any atom is 0.241 e. The molecule has 7 heteroatoms. The number of halogens is 1. The van der Waals surface area contributed by atoms with Gasteiger partial charge in [-0.2, -0.15) is 11.8 Å². The summed E-state index contributed by atoms with van der Waals surface area (Å²) in [6, 6.07) is 2.40. The van der Waals surface area contributed by atoms with Gasteiger partial charge in [0.1, 0.15) is 5.82 Å². The zero-order chi connectivity index (χ0) is 14.5. The Balaban J connectivity index is 2.78. The van der Waals surface area contributed by atoms with Crippen molar-refractivity contribution in [3.8, 4) is 0 Å². The average molecular weight is 306 g/mol. The van der Waals surface area contributed by atoms with E-state index in [-0.39, 0.29) is 16.1 Å². The van der Waals surface area contributed by atoms with E-state index in [0.717, 1.165) is 24.7 Å². The molecule has 0 heterocycles. The predicted molar refractivity (Wildman–Crippen MR) is 78.4 cm³/mol. The molecule has 4 nitrogen and oxygen atoms in total. The first kappa shape index (κ1) is 16.3. The lowest BCUT2D eigenvalue weighted by atomic mass is 10.2. The SMILES string of the molecule is CSCCCCNS(=O)(=O)c1cc(N)cc(F)c1C. The fraction of sp³-hybridized carbons (Fsp3) is 0.500. The van der Waals surface area contributed by atoms with Crippen LogP contribution < -0.4 is 10.5 Å². The fourth-order valence-electron chi connectivity index (χ4n) is 1.61. The largest absolute Gasteiger partial charge is 0.399 e. The molecule has 1 aromatic rings. The molecule has 3 N–H and O–H groups in total. The standard InChI is InChI=1S/C12H19FN2O2S2/c1-9-11(13)7-10(14)8-12(9)19(16,17)15-5-3-4-6-18-2/h7-8,15H,3-6,14H2,1-2H3. The summed E-state index contributed by atoms with van der Waals surface area (Å²) in [4.78, 5) is -0.0881. The Hall–Kier alpha value is -0.790. The summed E-state index contributed by atoms with van der Waals surface area (Å²) in [5.74, 6) is 0.385. The van der Waals surface area contributed by atoms with Crippen molar-refractivity contribution >= 4 is 27.5 Å². The molecule has 0 aliphatic rings. The van der Waals surface area contributed by atoms with Crippen LogP contribution in [0.25, 0.3) is 0 Å². The second-order valence-corrected chi connectivity index (χ2v) is 6.94. The van der Waals surface area contributed by atoms with Crippen molar-refractivity contribution in [2.75, 3.05) is 24.3 Å². The topological polar surface area (TPSA) is 72.2 Å². The maximum atomic E-state index is 13.5. The lowest BCUT2D eigenvalue weighted by Gasteiger charge is -2.10. The van der Waals surface area contributed by atoms with E-state index >= 15 is 0 Å². The van der Waals surface area contributed by atoms with Crippen molar-refractivity contribution in [1.82, 2.24) is 4.72 Å². The molecule has 0 saturated heterocycles. The van der Waals surface area contributed by atoms with Crippen LogP contribution in [0.5, 0.6) is 0 Å². The fourth-order valence-corrected chi connectivity index (χ4v) is 3.46. The van der Waals surface area contributed by atoms with Crippen LogP contribution in [-0.4, -0.2) is 27.0 Å².